The summed E-state index contributed by atoms with van der Waals surface area (Å²) in [7, 11) is 0. The maximum Gasteiger partial charge on any atom is 0.345 e. The number of aromatic amines is 1. The van der Waals surface area contributed by atoms with Crippen molar-refractivity contribution in [3.8, 4) is 28.5 Å². The first-order valence-electron chi connectivity index (χ1n) is 9.44. The Morgan fingerprint density at radius 1 is 0.871 bits per heavy atom. The van der Waals surface area contributed by atoms with Crippen LogP contribution in [0.4, 0.5) is 0 Å². The number of hydrogen-bond donors (Lipinski definition) is 1. The van der Waals surface area contributed by atoms with Crippen LogP contribution in [0.2, 0.25) is 0 Å². The number of nitrogens with zero attached hydrogens (tertiary/aromatic N) is 1. The molecule has 0 bridgehead atoms. The van der Waals surface area contributed by atoms with Crippen LogP contribution in [-0.4, -0.2) is 4.98 Å². The molecule has 0 aliphatic carbocycles. The van der Waals surface area contributed by atoms with Crippen molar-refractivity contribution in [2.24, 2.45) is 0 Å². The maximum absolute atomic E-state index is 12.8. The molecule has 2 aromatic heterocycles. The summed E-state index contributed by atoms with van der Waals surface area (Å²) in [5, 5.41) is 12.2. The smallest absolute Gasteiger partial charge is 0.345 e. The molecule has 3 aromatic carbocycles. The third kappa shape index (κ3) is 3.25. The van der Waals surface area contributed by atoms with Crippen LogP contribution in [0.25, 0.3) is 44.1 Å². The Hall–Kier alpha value is -3.95. The Morgan fingerprint density at radius 2 is 1.65 bits per heavy atom. The fraction of sp³-hybridized carbons (Fsp3) is 0. The largest absolute Gasteiger partial charge is 0.422 e. The summed E-state index contributed by atoms with van der Waals surface area (Å²) in [6, 6.07) is 24.1. The van der Waals surface area contributed by atoms with Crippen LogP contribution in [0.1, 0.15) is 5.56 Å². The molecule has 0 aliphatic rings. The second kappa shape index (κ2) is 7.38. The van der Waals surface area contributed by atoms with E-state index in [1.807, 2.05) is 48.5 Å². The van der Waals surface area contributed by atoms with E-state index in [-0.39, 0.29) is 11.1 Å². The fourth-order valence-electron chi connectivity index (χ4n) is 3.73. The summed E-state index contributed by atoms with van der Waals surface area (Å²) in [5.74, 6) is 0. The molecular weight excluding hydrogens is 456 g/mol. The molecule has 0 aliphatic heterocycles. The fourth-order valence-corrected chi connectivity index (χ4v) is 4.00. The molecule has 0 amide bonds. The molecule has 0 unspecified atom stereocenters. The van der Waals surface area contributed by atoms with Gasteiger partial charge in [-0.05, 0) is 46.7 Å². The average molecular weight is 469 g/mol. The summed E-state index contributed by atoms with van der Waals surface area (Å²) in [6.45, 7) is 0. The van der Waals surface area contributed by atoms with Crippen LogP contribution in [0.15, 0.2) is 91.3 Å². The van der Waals surface area contributed by atoms with Gasteiger partial charge in [-0.15, -0.1) is 0 Å². The Kier molecular flexibility index (Phi) is 4.54. The minimum atomic E-state index is -0.565. The van der Waals surface area contributed by atoms with Gasteiger partial charge in [0.1, 0.15) is 17.2 Å². The van der Waals surface area contributed by atoms with Gasteiger partial charge in [0.15, 0.2) is 0 Å². The van der Waals surface area contributed by atoms with E-state index in [0.717, 1.165) is 20.6 Å². The Bertz CT molecular complexity index is 1640. The molecule has 2 heterocycles. The van der Waals surface area contributed by atoms with E-state index in [9.17, 15) is 14.9 Å². The van der Waals surface area contributed by atoms with Gasteiger partial charge in [0.25, 0.3) is 5.56 Å². The number of benzene rings is 3. The van der Waals surface area contributed by atoms with E-state index in [2.05, 4.69) is 20.9 Å². The molecule has 5 aromatic rings. The van der Waals surface area contributed by atoms with E-state index in [1.54, 1.807) is 30.3 Å². The second-order valence-corrected chi connectivity index (χ2v) is 7.98. The lowest BCUT2D eigenvalue weighted by atomic mass is 9.98. The van der Waals surface area contributed by atoms with Crippen molar-refractivity contribution in [3.63, 3.8) is 0 Å². The molecule has 0 saturated heterocycles. The van der Waals surface area contributed by atoms with E-state index in [0.29, 0.717) is 22.4 Å². The van der Waals surface area contributed by atoms with Crippen molar-refractivity contribution in [1.82, 2.24) is 4.98 Å². The summed E-state index contributed by atoms with van der Waals surface area (Å²) < 4.78 is 6.44. The Labute approximate surface area is 184 Å². The van der Waals surface area contributed by atoms with Gasteiger partial charge >= 0.3 is 5.63 Å². The van der Waals surface area contributed by atoms with Gasteiger partial charge in [-0.1, -0.05) is 58.4 Å². The molecule has 0 fully saturated rings. The first-order chi connectivity index (χ1) is 15.0. The first-order valence-corrected chi connectivity index (χ1v) is 10.2. The lowest BCUT2D eigenvalue weighted by molar-refractivity contribution is 0.563. The quantitative estimate of drug-likeness (QED) is 0.269. The van der Waals surface area contributed by atoms with E-state index in [1.165, 1.54) is 0 Å². The predicted octanol–water partition coefficient (Wildman–Crippen LogP) is 5.60. The molecule has 5 nitrogen and oxygen atoms in total. The number of fused-ring (bicyclic) bond motifs is 3. The highest BCUT2D eigenvalue weighted by Crippen LogP contribution is 2.30. The average Bonchev–Trinajstić information content (AvgIpc) is 2.78. The number of aromatic nitrogens is 1. The molecule has 148 valence electrons. The standard InChI is InChI=1S/C25H13BrN2O3/c26-16-8-5-15(6-9-16)18-12-22(28-24(29)21(18)13-27)20-11-19-17-4-2-1-3-14(17)7-10-23(19)31-25(20)30/h1-12H,(H,28,29). The number of nitrogens with one attached hydrogen (secondary N) is 1. The second-order valence-electron chi connectivity index (χ2n) is 7.07. The highest BCUT2D eigenvalue weighted by Gasteiger charge is 2.16. The van der Waals surface area contributed by atoms with Gasteiger partial charge in [-0.25, -0.2) is 4.79 Å². The summed E-state index contributed by atoms with van der Waals surface area (Å²) in [6.07, 6.45) is 0. The summed E-state index contributed by atoms with van der Waals surface area (Å²) >= 11 is 3.38. The van der Waals surface area contributed by atoms with Crippen LogP contribution >= 0.6 is 15.9 Å². The van der Waals surface area contributed by atoms with E-state index in [4.69, 9.17) is 4.42 Å². The van der Waals surface area contributed by atoms with E-state index >= 15 is 0 Å². The van der Waals surface area contributed by atoms with Crippen molar-refractivity contribution in [3.05, 3.63) is 104 Å². The van der Waals surface area contributed by atoms with Gasteiger partial charge < -0.3 is 9.40 Å². The minimum Gasteiger partial charge on any atom is -0.422 e. The van der Waals surface area contributed by atoms with Gasteiger partial charge in [-0.2, -0.15) is 5.26 Å². The number of H-pyrrole nitrogens is 1. The number of pyridine rings is 1. The summed E-state index contributed by atoms with van der Waals surface area (Å²) in [5.41, 5.74) is 1.00. The molecule has 0 radical (unpaired) electrons. The zero-order chi connectivity index (χ0) is 21.5. The zero-order valence-corrected chi connectivity index (χ0v) is 17.6. The third-order valence-electron chi connectivity index (χ3n) is 5.23. The molecule has 31 heavy (non-hydrogen) atoms. The van der Waals surface area contributed by atoms with Crippen LogP contribution in [-0.2, 0) is 0 Å². The van der Waals surface area contributed by atoms with Crippen LogP contribution in [0.3, 0.4) is 0 Å². The molecule has 5 rings (SSSR count). The minimum absolute atomic E-state index is 0.0123. The van der Waals surface area contributed by atoms with Crippen molar-refractivity contribution >= 4 is 37.7 Å². The van der Waals surface area contributed by atoms with E-state index < -0.39 is 11.2 Å². The van der Waals surface area contributed by atoms with Gasteiger partial charge in [0.05, 0.1) is 11.3 Å². The van der Waals surface area contributed by atoms with Gasteiger partial charge in [-0.3, -0.25) is 4.79 Å². The molecule has 1 N–H and O–H groups in total. The normalized spacial score (nSPS) is 11.0. The maximum atomic E-state index is 12.8. The number of nitriles is 1. The lowest BCUT2D eigenvalue weighted by Gasteiger charge is -2.09. The van der Waals surface area contributed by atoms with Crippen molar-refractivity contribution in [2.45, 2.75) is 0 Å². The van der Waals surface area contributed by atoms with Crippen molar-refractivity contribution in [1.29, 1.82) is 5.26 Å². The number of hydrogen-bond acceptors (Lipinski definition) is 4. The first kappa shape index (κ1) is 19.0. The highest BCUT2D eigenvalue weighted by atomic mass is 79.9. The molecule has 6 heteroatoms. The monoisotopic (exact) mass is 468 g/mol. The van der Waals surface area contributed by atoms with Gasteiger partial charge in [0.2, 0.25) is 0 Å². The predicted molar refractivity (Wildman–Crippen MR) is 124 cm³/mol. The third-order valence-corrected chi connectivity index (χ3v) is 5.76. The van der Waals surface area contributed by atoms with Crippen LogP contribution in [0, 0.1) is 11.3 Å². The number of halogens is 1. The van der Waals surface area contributed by atoms with Gasteiger partial charge in [0, 0.05) is 15.4 Å². The molecule has 0 saturated carbocycles. The van der Waals surface area contributed by atoms with Crippen molar-refractivity contribution < 1.29 is 4.42 Å². The Morgan fingerprint density at radius 3 is 2.42 bits per heavy atom. The number of rotatable bonds is 2. The van der Waals surface area contributed by atoms with Crippen LogP contribution in [0.5, 0.6) is 0 Å². The van der Waals surface area contributed by atoms with Crippen LogP contribution < -0.4 is 11.2 Å². The SMILES string of the molecule is N#Cc1c(-c2ccc(Br)cc2)cc(-c2cc3c(ccc4ccccc43)oc2=O)[nH]c1=O. The summed E-state index contributed by atoms with van der Waals surface area (Å²) in [4.78, 5) is 28.1. The highest BCUT2D eigenvalue weighted by molar-refractivity contribution is 9.10. The van der Waals surface area contributed by atoms with Crippen molar-refractivity contribution in [2.75, 3.05) is 0 Å². The molecular formula is C25H13BrN2O3. The lowest BCUT2D eigenvalue weighted by Crippen LogP contribution is -2.15. The molecule has 0 atom stereocenters. The zero-order valence-electron chi connectivity index (χ0n) is 16.0. The Balaban J connectivity index is 1.80. The molecule has 0 spiro atoms. The topological polar surface area (TPSA) is 86.9 Å².